The highest BCUT2D eigenvalue weighted by molar-refractivity contribution is 5.51. The molecule has 1 aromatic heterocycles. The molecule has 2 aliphatic rings. The average molecular weight is 399 g/mol. The fourth-order valence-electron chi connectivity index (χ4n) is 3.75. The summed E-state index contributed by atoms with van der Waals surface area (Å²) in [7, 11) is 1.70. The van der Waals surface area contributed by atoms with Crippen LogP contribution in [0.25, 0.3) is 0 Å². The van der Waals surface area contributed by atoms with Crippen LogP contribution in [0.2, 0.25) is 0 Å². The van der Waals surface area contributed by atoms with Crippen LogP contribution >= 0.6 is 0 Å². The van der Waals surface area contributed by atoms with Crippen molar-refractivity contribution in [1.82, 2.24) is 14.9 Å². The van der Waals surface area contributed by atoms with Crippen LogP contribution in [0.4, 0.5) is 17.5 Å². The number of morpholine rings is 1. The number of aromatic nitrogens is 2. The first-order valence-electron chi connectivity index (χ1n) is 10.3. The molecule has 2 saturated heterocycles. The lowest BCUT2D eigenvalue weighted by atomic mass is 10.2. The molecule has 0 bridgehead atoms. The molecule has 1 aromatic carbocycles. The smallest absolute Gasteiger partial charge is 0.224 e. The molecule has 0 atom stereocenters. The summed E-state index contributed by atoms with van der Waals surface area (Å²) in [5, 5.41) is 3.36. The van der Waals surface area contributed by atoms with Crippen molar-refractivity contribution in [3.63, 3.8) is 0 Å². The van der Waals surface area contributed by atoms with E-state index in [4.69, 9.17) is 14.5 Å². The second-order valence-corrected chi connectivity index (χ2v) is 7.29. The van der Waals surface area contributed by atoms with Crippen LogP contribution in [0, 0.1) is 0 Å². The first-order valence-corrected chi connectivity index (χ1v) is 10.3. The number of ether oxygens (including phenoxy) is 2. The van der Waals surface area contributed by atoms with Crippen LogP contribution < -0.4 is 19.9 Å². The van der Waals surface area contributed by atoms with Gasteiger partial charge in [0.25, 0.3) is 0 Å². The van der Waals surface area contributed by atoms with Crippen molar-refractivity contribution >= 4 is 17.5 Å². The van der Waals surface area contributed by atoms with Crippen molar-refractivity contribution in [2.45, 2.75) is 0 Å². The van der Waals surface area contributed by atoms with Crippen LogP contribution in [-0.2, 0) is 4.74 Å². The average Bonchev–Trinajstić information content (AvgIpc) is 2.80. The Morgan fingerprint density at radius 2 is 1.69 bits per heavy atom. The number of methoxy groups -OCH3 is 1. The highest BCUT2D eigenvalue weighted by Gasteiger charge is 2.19. The Hall–Kier alpha value is -2.58. The number of hydrogen-bond donors (Lipinski definition) is 1. The molecule has 3 heterocycles. The molecule has 8 nitrogen and oxygen atoms in total. The summed E-state index contributed by atoms with van der Waals surface area (Å²) in [6.07, 6.45) is 1.84. The van der Waals surface area contributed by atoms with Gasteiger partial charge in [-0.15, -0.1) is 0 Å². The van der Waals surface area contributed by atoms with E-state index in [1.807, 2.05) is 24.4 Å². The molecule has 0 saturated carbocycles. The quantitative estimate of drug-likeness (QED) is 0.754. The Balaban J connectivity index is 1.27. The van der Waals surface area contributed by atoms with Crippen molar-refractivity contribution in [3.05, 3.63) is 36.5 Å². The van der Waals surface area contributed by atoms with Crippen molar-refractivity contribution in [1.29, 1.82) is 0 Å². The van der Waals surface area contributed by atoms with Gasteiger partial charge in [0.05, 0.1) is 20.3 Å². The third-order valence-electron chi connectivity index (χ3n) is 5.50. The molecule has 29 heavy (non-hydrogen) atoms. The molecule has 2 aromatic rings. The lowest BCUT2D eigenvalue weighted by Gasteiger charge is -2.36. The first kappa shape index (κ1) is 19.7. The highest BCUT2D eigenvalue weighted by Crippen LogP contribution is 2.22. The molecule has 0 radical (unpaired) electrons. The monoisotopic (exact) mass is 398 g/mol. The van der Waals surface area contributed by atoms with Crippen molar-refractivity contribution in [2.75, 3.05) is 87.8 Å². The maximum absolute atomic E-state index is 5.39. The van der Waals surface area contributed by atoms with Gasteiger partial charge in [-0.3, -0.25) is 4.90 Å². The van der Waals surface area contributed by atoms with Crippen molar-refractivity contribution in [3.8, 4) is 5.75 Å². The molecule has 4 rings (SSSR count). The van der Waals surface area contributed by atoms with Crippen LogP contribution in [0.5, 0.6) is 5.75 Å². The topological polar surface area (TPSA) is 66.0 Å². The van der Waals surface area contributed by atoms with Gasteiger partial charge in [-0.25, -0.2) is 4.98 Å². The Labute approximate surface area is 172 Å². The van der Waals surface area contributed by atoms with Gasteiger partial charge in [-0.2, -0.15) is 4.98 Å². The Bertz CT molecular complexity index is 758. The van der Waals surface area contributed by atoms with E-state index in [-0.39, 0.29) is 0 Å². The van der Waals surface area contributed by atoms with E-state index in [0.717, 1.165) is 77.1 Å². The summed E-state index contributed by atoms with van der Waals surface area (Å²) in [6, 6.07) is 10.3. The minimum Gasteiger partial charge on any atom is -0.497 e. The summed E-state index contributed by atoms with van der Waals surface area (Å²) >= 11 is 0. The number of hydrogen-bond acceptors (Lipinski definition) is 8. The molecule has 2 aliphatic heterocycles. The molecule has 0 amide bonds. The number of benzene rings is 1. The third kappa shape index (κ3) is 5.27. The van der Waals surface area contributed by atoms with Gasteiger partial charge >= 0.3 is 0 Å². The molecule has 8 heteroatoms. The van der Waals surface area contributed by atoms with Crippen molar-refractivity contribution < 1.29 is 9.47 Å². The Kier molecular flexibility index (Phi) is 6.63. The van der Waals surface area contributed by atoms with Crippen molar-refractivity contribution in [2.24, 2.45) is 0 Å². The molecule has 2 fully saturated rings. The maximum atomic E-state index is 5.39. The predicted molar refractivity (Wildman–Crippen MR) is 115 cm³/mol. The lowest BCUT2D eigenvalue weighted by Crippen LogP contribution is -2.46. The SMILES string of the molecule is COc1ccc(N2CCN(c3ccnc(NCCN4CCOCC4)n3)CC2)cc1. The highest BCUT2D eigenvalue weighted by atomic mass is 16.5. The Morgan fingerprint density at radius 1 is 0.966 bits per heavy atom. The largest absolute Gasteiger partial charge is 0.497 e. The maximum Gasteiger partial charge on any atom is 0.224 e. The predicted octanol–water partition coefficient (Wildman–Crippen LogP) is 1.56. The number of rotatable bonds is 7. The normalized spacial score (nSPS) is 18.0. The van der Waals surface area contributed by atoms with Gasteiger partial charge in [0, 0.05) is 64.2 Å². The van der Waals surface area contributed by atoms with Crippen LogP contribution in [0.15, 0.2) is 36.5 Å². The summed E-state index contributed by atoms with van der Waals surface area (Å²) in [5.74, 6) is 2.58. The molecule has 156 valence electrons. The zero-order chi connectivity index (χ0) is 19.9. The molecule has 1 N–H and O–H groups in total. The molecular formula is C21H30N6O2. The molecule has 0 spiro atoms. The van der Waals surface area contributed by atoms with Crippen LogP contribution in [0.1, 0.15) is 0 Å². The minimum atomic E-state index is 0.702. The van der Waals surface area contributed by atoms with Gasteiger partial charge in [-0.1, -0.05) is 0 Å². The second kappa shape index (κ2) is 9.76. The van der Waals surface area contributed by atoms with E-state index < -0.39 is 0 Å². The van der Waals surface area contributed by atoms with Gasteiger partial charge < -0.3 is 24.6 Å². The van der Waals surface area contributed by atoms with E-state index in [0.29, 0.717) is 5.95 Å². The Morgan fingerprint density at radius 3 is 2.41 bits per heavy atom. The molecule has 0 unspecified atom stereocenters. The fraction of sp³-hybridized carbons (Fsp3) is 0.524. The van der Waals surface area contributed by atoms with E-state index in [1.54, 1.807) is 7.11 Å². The van der Waals surface area contributed by atoms with Gasteiger partial charge in [0.1, 0.15) is 11.6 Å². The standard InChI is InChI=1S/C21H30N6O2/c1-28-19-4-2-18(3-5-19)26-10-12-27(13-11-26)20-6-7-22-21(24-20)23-8-9-25-14-16-29-17-15-25/h2-7H,8-17H2,1H3,(H,22,23,24). The van der Waals surface area contributed by atoms with E-state index in [1.165, 1.54) is 5.69 Å². The molecule has 0 aliphatic carbocycles. The zero-order valence-corrected chi connectivity index (χ0v) is 17.1. The first-order chi connectivity index (χ1) is 14.3. The zero-order valence-electron chi connectivity index (χ0n) is 17.1. The van der Waals surface area contributed by atoms with Gasteiger partial charge in [0.15, 0.2) is 0 Å². The number of anilines is 3. The summed E-state index contributed by atoms with van der Waals surface area (Å²) < 4.78 is 10.6. The third-order valence-corrected chi connectivity index (χ3v) is 5.50. The molecular weight excluding hydrogens is 368 g/mol. The van der Waals surface area contributed by atoms with Gasteiger partial charge in [0.2, 0.25) is 5.95 Å². The van der Waals surface area contributed by atoms with Crippen LogP contribution in [0.3, 0.4) is 0 Å². The second-order valence-electron chi connectivity index (χ2n) is 7.29. The summed E-state index contributed by atoms with van der Waals surface area (Å²) in [5.41, 5.74) is 1.23. The lowest BCUT2D eigenvalue weighted by molar-refractivity contribution is 0.0398. The van der Waals surface area contributed by atoms with E-state index in [9.17, 15) is 0 Å². The summed E-state index contributed by atoms with van der Waals surface area (Å²) in [4.78, 5) is 16.2. The van der Waals surface area contributed by atoms with E-state index in [2.05, 4.69) is 37.1 Å². The minimum absolute atomic E-state index is 0.702. The van der Waals surface area contributed by atoms with Crippen LogP contribution in [-0.4, -0.2) is 87.5 Å². The summed E-state index contributed by atoms with van der Waals surface area (Å²) in [6.45, 7) is 9.30. The van der Waals surface area contributed by atoms with E-state index >= 15 is 0 Å². The number of nitrogens with one attached hydrogen (secondary N) is 1. The fourth-order valence-corrected chi connectivity index (χ4v) is 3.75. The van der Waals surface area contributed by atoms with Gasteiger partial charge in [-0.05, 0) is 30.3 Å². The number of nitrogens with zero attached hydrogens (tertiary/aromatic N) is 5. The number of piperazine rings is 1.